The van der Waals surface area contributed by atoms with E-state index in [9.17, 15) is 19.8 Å². The van der Waals surface area contributed by atoms with Crippen LogP contribution in [0.4, 0.5) is 0 Å². The topological polar surface area (TPSA) is 83.8 Å². The summed E-state index contributed by atoms with van der Waals surface area (Å²) in [4.78, 5) is 22.9. The number of Topliss-reactive ketones (excluding diaryl/α,β-unsaturated/α-hetero) is 1. The van der Waals surface area contributed by atoms with Gasteiger partial charge in [0.05, 0.1) is 17.8 Å². The van der Waals surface area contributed by atoms with Crippen molar-refractivity contribution in [2.45, 2.75) is 44.8 Å². The molecule has 3 atom stereocenters. The fourth-order valence-corrected chi connectivity index (χ4v) is 2.86. The number of rotatable bonds is 6. The molecule has 1 aromatic rings. The summed E-state index contributed by atoms with van der Waals surface area (Å²) < 4.78 is 4.95. The summed E-state index contributed by atoms with van der Waals surface area (Å²) in [6.45, 7) is 1.20. The molecular weight excluding hydrogens is 296 g/mol. The van der Waals surface area contributed by atoms with Crippen LogP contribution in [0.25, 0.3) is 0 Å². The van der Waals surface area contributed by atoms with Crippen molar-refractivity contribution in [2.75, 3.05) is 0 Å². The third-order valence-electron chi connectivity index (χ3n) is 3.97. The Morgan fingerprint density at radius 3 is 2.70 bits per heavy atom. The first-order valence-electron chi connectivity index (χ1n) is 7.80. The second-order valence-corrected chi connectivity index (χ2v) is 5.80. The molecule has 0 radical (unpaired) electrons. The molecular formula is C18H22O5. The van der Waals surface area contributed by atoms with Crippen molar-refractivity contribution in [3.05, 3.63) is 47.7 Å². The second-order valence-electron chi connectivity index (χ2n) is 5.80. The molecule has 2 rings (SSSR count). The molecule has 2 N–H and O–H groups in total. The highest BCUT2D eigenvalue weighted by Crippen LogP contribution is 2.31. The lowest BCUT2D eigenvalue weighted by Gasteiger charge is -2.20. The predicted molar refractivity (Wildman–Crippen MR) is 84.8 cm³/mol. The molecule has 0 aliphatic heterocycles. The van der Waals surface area contributed by atoms with Crippen LogP contribution in [0.15, 0.2) is 42.2 Å². The Labute approximate surface area is 135 Å². The summed E-state index contributed by atoms with van der Waals surface area (Å²) in [6.07, 6.45) is 1.72. The quantitative estimate of drug-likeness (QED) is 0.478. The monoisotopic (exact) mass is 318 g/mol. The number of ketones is 1. The Morgan fingerprint density at radius 1 is 1.35 bits per heavy atom. The molecule has 0 saturated heterocycles. The molecule has 5 nitrogen and oxygen atoms in total. The van der Waals surface area contributed by atoms with Crippen LogP contribution in [0.1, 0.15) is 31.7 Å². The normalized spacial score (nSPS) is 24.7. The Balaban J connectivity index is 1.92. The van der Waals surface area contributed by atoms with E-state index in [-0.39, 0.29) is 18.0 Å². The van der Waals surface area contributed by atoms with E-state index in [4.69, 9.17) is 4.74 Å². The Kier molecular flexibility index (Phi) is 5.93. The smallest absolute Gasteiger partial charge is 0.303 e. The standard InChI is InChI=1S/C18H22O5/c1-12(19)23-18-16(22)11-15(21)17(18)14(20)10-6-5-9-13-7-3-2-4-8-13/h2-4,7-8,10,15,17-18,20-21H,5-6,9,11H2,1H3/b14-10+. The van der Waals surface area contributed by atoms with Crippen molar-refractivity contribution >= 4 is 11.8 Å². The minimum absolute atomic E-state index is 0.0809. The molecule has 1 saturated carbocycles. The van der Waals surface area contributed by atoms with Crippen LogP contribution >= 0.6 is 0 Å². The molecule has 1 aliphatic carbocycles. The number of benzene rings is 1. The summed E-state index contributed by atoms with van der Waals surface area (Å²) in [7, 11) is 0. The van der Waals surface area contributed by atoms with Gasteiger partial charge < -0.3 is 14.9 Å². The minimum Gasteiger partial charge on any atom is -0.512 e. The molecule has 0 amide bonds. The molecule has 1 aliphatic rings. The molecule has 23 heavy (non-hydrogen) atoms. The van der Waals surface area contributed by atoms with Gasteiger partial charge in [0, 0.05) is 13.3 Å². The van der Waals surface area contributed by atoms with Gasteiger partial charge in [0.1, 0.15) is 0 Å². The maximum Gasteiger partial charge on any atom is 0.303 e. The van der Waals surface area contributed by atoms with E-state index in [1.54, 1.807) is 6.08 Å². The lowest BCUT2D eigenvalue weighted by atomic mass is 9.99. The van der Waals surface area contributed by atoms with Crippen molar-refractivity contribution in [3.8, 4) is 0 Å². The van der Waals surface area contributed by atoms with Gasteiger partial charge in [-0.05, 0) is 30.9 Å². The molecule has 1 aromatic carbocycles. The van der Waals surface area contributed by atoms with Gasteiger partial charge in [-0.15, -0.1) is 0 Å². The van der Waals surface area contributed by atoms with Crippen LogP contribution in [0.3, 0.4) is 0 Å². The van der Waals surface area contributed by atoms with Gasteiger partial charge in [-0.3, -0.25) is 9.59 Å². The van der Waals surface area contributed by atoms with Crippen LogP contribution in [-0.4, -0.2) is 34.2 Å². The van der Waals surface area contributed by atoms with E-state index >= 15 is 0 Å². The van der Waals surface area contributed by atoms with E-state index in [0.29, 0.717) is 6.42 Å². The van der Waals surface area contributed by atoms with Gasteiger partial charge in [0.2, 0.25) is 0 Å². The third-order valence-corrected chi connectivity index (χ3v) is 3.97. The number of ether oxygens (including phenoxy) is 1. The van der Waals surface area contributed by atoms with Crippen molar-refractivity contribution in [1.82, 2.24) is 0 Å². The first-order chi connectivity index (χ1) is 11.0. The van der Waals surface area contributed by atoms with Crippen LogP contribution in [0, 0.1) is 5.92 Å². The molecule has 3 unspecified atom stereocenters. The zero-order chi connectivity index (χ0) is 16.8. The molecule has 124 valence electrons. The van der Waals surface area contributed by atoms with E-state index in [1.165, 1.54) is 12.5 Å². The maximum atomic E-state index is 11.8. The van der Waals surface area contributed by atoms with E-state index in [1.807, 2.05) is 30.3 Å². The van der Waals surface area contributed by atoms with Crippen molar-refractivity contribution in [2.24, 2.45) is 5.92 Å². The maximum absolute atomic E-state index is 11.8. The number of aryl methyl sites for hydroxylation is 1. The van der Waals surface area contributed by atoms with Crippen molar-refractivity contribution in [1.29, 1.82) is 0 Å². The van der Waals surface area contributed by atoms with Gasteiger partial charge in [-0.2, -0.15) is 0 Å². The van der Waals surface area contributed by atoms with Gasteiger partial charge in [-0.25, -0.2) is 0 Å². The zero-order valence-corrected chi connectivity index (χ0v) is 13.1. The Bertz CT molecular complexity index is 578. The molecule has 1 fully saturated rings. The predicted octanol–water partition coefficient (Wildman–Crippen LogP) is 2.33. The average molecular weight is 318 g/mol. The van der Waals surface area contributed by atoms with E-state index in [2.05, 4.69) is 0 Å². The highest BCUT2D eigenvalue weighted by atomic mass is 16.5. The van der Waals surface area contributed by atoms with Crippen LogP contribution in [0.2, 0.25) is 0 Å². The average Bonchev–Trinajstić information content (AvgIpc) is 2.78. The van der Waals surface area contributed by atoms with Gasteiger partial charge >= 0.3 is 5.97 Å². The first kappa shape index (κ1) is 17.2. The largest absolute Gasteiger partial charge is 0.512 e. The fraction of sp³-hybridized carbons (Fsp3) is 0.444. The Hall–Kier alpha value is -2.14. The number of carbonyl (C=O) groups excluding carboxylic acids is 2. The molecule has 5 heteroatoms. The number of aliphatic hydroxyl groups is 2. The highest BCUT2D eigenvalue weighted by Gasteiger charge is 2.46. The van der Waals surface area contributed by atoms with Crippen molar-refractivity contribution < 1.29 is 24.5 Å². The van der Waals surface area contributed by atoms with E-state index in [0.717, 1.165) is 12.8 Å². The van der Waals surface area contributed by atoms with Gasteiger partial charge in [0.15, 0.2) is 11.9 Å². The number of carbonyl (C=O) groups is 2. The lowest BCUT2D eigenvalue weighted by molar-refractivity contribution is -0.153. The summed E-state index contributed by atoms with van der Waals surface area (Å²) in [5, 5.41) is 20.1. The third kappa shape index (κ3) is 4.66. The molecule has 0 bridgehead atoms. The minimum atomic E-state index is -1.09. The number of esters is 1. The Morgan fingerprint density at radius 2 is 2.04 bits per heavy atom. The van der Waals surface area contributed by atoms with Crippen molar-refractivity contribution in [3.63, 3.8) is 0 Å². The summed E-state index contributed by atoms with van der Waals surface area (Å²) in [5.41, 5.74) is 1.22. The summed E-state index contributed by atoms with van der Waals surface area (Å²) in [5.74, 6) is -1.90. The number of unbranched alkanes of at least 4 members (excludes halogenated alkanes) is 1. The summed E-state index contributed by atoms with van der Waals surface area (Å²) >= 11 is 0. The second kappa shape index (κ2) is 7.92. The number of hydrogen-bond acceptors (Lipinski definition) is 5. The summed E-state index contributed by atoms with van der Waals surface area (Å²) in [6, 6.07) is 10.0. The SMILES string of the molecule is CC(=O)OC1C(=O)CC(O)C1/C(O)=C\CCCc1ccccc1. The number of hydrogen-bond donors (Lipinski definition) is 2. The van der Waals surface area contributed by atoms with Crippen LogP contribution in [-0.2, 0) is 20.7 Å². The lowest BCUT2D eigenvalue weighted by Crippen LogP contribution is -2.31. The zero-order valence-electron chi connectivity index (χ0n) is 13.1. The highest BCUT2D eigenvalue weighted by molar-refractivity contribution is 5.88. The first-order valence-corrected chi connectivity index (χ1v) is 7.80. The molecule has 0 aromatic heterocycles. The van der Waals surface area contributed by atoms with Crippen LogP contribution in [0.5, 0.6) is 0 Å². The number of allylic oxidation sites excluding steroid dienone is 1. The molecule has 0 spiro atoms. The van der Waals surface area contributed by atoms with E-state index < -0.39 is 24.1 Å². The fourth-order valence-electron chi connectivity index (χ4n) is 2.86. The van der Waals surface area contributed by atoms with Gasteiger partial charge in [-0.1, -0.05) is 30.3 Å². The van der Waals surface area contributed by atoms with Gasteiger partial charge in [0.25, 0.3) is 0 Å². The number of aliphatic hydroxyl groups excluding tert-OH is 2. The van der Waals surface area contributed by atoms with Crippen LogP contribution < -0.4 is 0 Å². The molecule has 0 heterocycles.